The molecule has 30 heavy (non-hydrogen) atoms. The summed E-state index contributed by atoms with van der Waals surface area (Å²) in [5.74, 6) is -0.801. The number of Topliss-reactive ketones (excluding diaryl/α,β-unsaturated/α-hetero) is 1. The van der Waals surface area contributed by atoms with Gasteiger partial charge in [-0.05, 0) is 62.3 Å². The number of nitrogens with zero attached hydrogens (tertiary/aromatic N) is 1. The van der Waals surface area contributed by atoms with Gasteiger partial charge in [-0.15, -0.1) is 11.8 Å². The maximum Gasteiger partial charge on any atom is 0.234 e. The SMILES string of the molecule is CSc1ccc([C@H]2C3=C(CCCC3=O)N=C(C)C2C(=O)Nc2ccccc2C)cc1. The number of thioether (sulfide) groups is 1. The first-order valence-corrected chi connectivity index (χ1v) is 11.5. The van der Waals surface area contributed by atoms with Crippen LogP contribution in [0.3, 0.4) is 0 Å². The molecule has 0 saturated carbocycles. The highest BCUT2D eigenvalue weighted by Crippen LogP contribution is 2.43. The first kappa shape index (κ1) is 20.6. The molecular formula is C25H26N2O2S. The lowest BCUT2D eigenvalue weighted by Gasteiger charge is -2.35. The van der Waals surface area contributed by atoms with Crippen LogP contribution >= 0.6 is 11.8 Å². The van der Waals surface area contributed by atoms with Crippen molar-refractivity contribution in [3.05, 3.63) is 70.9 Å². The molecule has 2 atom stereocenters. The Morgan fingerprint density at radius 1 is 1.07 bits per heavy atom. The summed E-state index contributed by atoms with van der Waals surface area (Å²) in [6, 6.07) is 16.0. The molecule has 2 aromatic rings. The van der Waals surface area contributed by atoms with E-state index in [1.807, 2.05) is 44.4 Å². The maximum atomic E-state index is 13.5. The zero-order valence-corrected chi connectivity index (χ0v) is 18.4. The van der Waals surface area contributed by atoms with Gasteiger partial charge in [-0.3, -0.25) is 14.6 Å². The Bertz CT molecular complexity index is 1050. The molecule has 5 heteroatoms. The highest BCUT2D eigenvalue weighted by atomic mass is 32.2. The number of benzene rings is 2. The van der Waals surface area contributed by atoms with Crippen molar-refractivity contribution in [1.82, 2.24) is 0 Å². The van der Waals surface area contributed by atoms with Crippen LogP contribution in [0.15, 0.2) is 69.7 Å². The van der Waals surface area contributed by atoms with Gasteiger partial charge in [-0.2, -0.15) is 0 Å². The van der Waals surface area contributed by atoms with E-state index < -0.39 is 5.92 Å². The van der Waals surface area contributed by atoms with Crippen molar-refractivity contribution < 1.29 is 9.59 Å². The molecule has 1 aliphatic heterocycles. The fourth-order valence-electron chi connectivity index (χ4n) is 4.44. The Labute approximate surface area is 181 Å². The molecule has 4 nitrogen and oxygen atoms in total. The molecular weight excluding hydrogens is 392 g/mol. The van der Waals surface area contributed by atoms with Crippen LogP contribution in [0, 0.1) is 12.8 Å². The first-order chi connectivity index (χ1) is 14.5. The van der Waals surface area contributed by atoms with Crippen LogP contribution in [0.5, 0.6) is 0 Å². The molecule has 0 fully saturated rings. The van der Waals surface area contributed by atoms with Gasteiger partial charge in [0.1, 0.15) is 0 Å². The van der Waals surface area contributed by atoms with Gasteiger partial charge >= 0.3 is 0 Å². The monoisotopic (exact) mass is 418 g/mol. The number of carbonyl (C=O) groups excluding carboxylic acids is 2. The minimum Gasteiger partial charge on any atom is -0.325 e. The Balaban J connectivity index is 1.77. The topological polar surface area (TPSA) is 58.5 Å². The quantitative estimate of drug-likeness (QED) is 0.664. The van der Waals surface area contributed by atoms with Gasteiger partial charge in [0.05, 0.1) is 5.92 Å². The summed E-state index contributed by atoms with van der Waals surface area (Å²) in [6.45, 7) is 3.88. The number of nitrogens with one attached hydrogen (secondary N) is 1. The van der Waals surface area contributed by atoms with Gasteiger partial charge in [0.15, 0.2) is 5.78 Å². The third-order valence-electron chi connectivity index (χ3n) is 5.99. The zero-order valence-electron chi connectivity index (χ0n) is 17.6. The summed E-state index contributed by atoms with van der Waals surface area (Å²) in [4.78, 5) is 32.3. The summed E-state index contributed by atoms with van der Waals surface area (Å²) in [6.07, 6.45) is 4.19. The highest BCUT2D eigenvalue weighted by Gasteiger charge is 2.42. The van der Waals surface area contributed by atoms with E-state index in [9.17, 15) is 9.59 Å². The molecule has 1 aliphatic carbocycles. The van der Waals surface area contributed by atoms with Crippen LogP contribution in [0.4, 0.5) is 5.69 Å². The Hall–Kier alpha value is -2.66. The normalized spacial score (nSPS) is 21.2. The van der Waals surface area contributed by atoms with Crippen molar-refractivity contribution in [2.24, 2.45) is 10.9 Å². The van der Waals surface area contributed by atoms with Gasteiger partial charge in [0, 0.05) is 39.9 Å². The lowest BCUT2D eigenvalue weighted by atomic mass is 9.71. The number of aliphatic imine (C=N–C) groups is 1. The van der Waals surface area contributed by atoms with E-state index in [0.29, 0.717) is 6.42 Å². The second-order valence-corrected chi connectivity index (χ2v) is 8.80. The lowest BCUT2D eigenvalue weighted by molar-refractivity contribution is -0.119. The third kappa shape index (κ3) is 3.86. The second kappa shape index (κ2) is 8.60. The number of rotatable bonds is 4. The van der Waals surface area contributed by atoms with E-state index in [2.05, 4.69) is 29.6 Å². The van der Waals surface area contributed by atoms with Gasteiger partial charge in [0.25, 0.3) is 0 Å². The van der Waals surface area contributed by atoms with E-state index in [0.717, 1.165) is 51.5 Å². The van der Waals surface area contributed by atoms with Gasteiger partial charge in [-0.1, -0.05) is 30.3 Å². The van der Waals surface area contributed by atoms with Crippen molar-refractivity contribution >= 4 is 34.9 Å². The number of anilines is 1. The summed E-state index contributed by atoms with van der Waals surface area (Å²) in [5, 5.41) is 3.09. The van der Waals surface area contributed by atoms with Crippen molar-refractivity contribution in [1.29, 1.82) is 0 Å². The molecule has 0 radical (unpaired) electrons. The molecule has 1 unspecified atom stereocenters. The molecule has 1 N–H and O–H groups in total. The second-order valence-electron chi connectivity index (χ2n) is 7.92. The van der Waals surface area contributed by atoms with E-state index >= 15 is 0 Å². The number of hydrogen-bond donors (Lipinski definition) is 1. The Morgan fingerprint density at radius 3 is 2.50 bits per heavy atom. The predicted molar refractivity (Wildman–Crippen MR) is 123 cm³/mol. The fourth-order valence-corrected chi connectivity index (χ4v) is 4.85. The van der Waals surface area contributed by atoms with E-state index in [4.69, 9.17) is 4.99 Å². The lowest BCUT2D eigenvalue weighted by Crippen LogP contribution is -2.39. The average Bonchev–Trinajstić information content (AvgIpc) is 2.74. The fraction of sp³-hybridized carbons (Fsp3) is 0.320. The van der Waals surface area contributed by atoms with Crippen LogP contribution in [0.2, 0.25) is 0 Å². The molecule has 4 rings (SSSR count). The summed E-state index contributed by atoms with van der Waals surface area (Å²) >= 11 is 1.68. The molecule has 2 aromatic carbocycles. The number of hydrogen-bond acceptors (Lipinski definition) is 4. The number of amides is 1. The minimum absolute atomic E-state index is 0.116. The van der Waals surface area contributed by atoms with Crippen LogP contribution in [-0.4, -0.2) is 23.7 Å². The van der Waals surface area contributed by atoms with Gasteiger partial charge in [-0.25, -0.2) is 0 Å². The zero-order chi connectivity index (χ0) is 21.3. The molecule has 154 valence electrons. The van der Waals surface area contributed by atoms with Gasteiger partial charge < -0.3 is 5.32 Å². The number of allylic oxidation sites excluding steroid dienone is 2. The minimum atomic E-state index is -0.509. The molecule has 2 aliphatic rings. The molecule has 0 saturated heterocycles. The molecule has 1 amide bonds. The summed E-state index contributed by atoms with van der Waals surface area (Å²) < 4.78 is 0. The number of carbonyl (C=O) groups is 2. The molecule has 0 spiro atoms. The smallest absolute Gasteiger partial charge is 0.234 e. The van der Waals surface area contributed by atoms with Gasteiger partial charge in [0.2, 0.25) is 5.91 Å². The van der Waals surface area contributed by atoms with Crippen molar-refractivity contribution in [2.45, 2.75) is 43.9 Å². The number of ketones is 1. The molecule has 0 aromatic heterocycles. The summed E-state index contributed by atoms with van der Waals surface area (Å²) in [7, 11) is 0. The van der Waals surface area contributed by atoms with Crippen LogP contribution in [-0.2, 0) is 9.59 Å². The standard InChI is InChI=1S/C25H26N2O2S/c1-15-7-4-5-8-19(15)27-25(29)22-16(2)26-20-9-6-10-21(28)24(20)23(22)17-11-13-18(30-3)14-12-17/h4-5,7-8,11-14,22-23H,6,9-10H2,1-3H3,(H,27,29)/t22?,23-/m1/s1. The largest absolute Gasteiger partial charge is 0.325 e. The van der Waals surface area contributed by atoms with Crippen molar-refractivity contribution in [2.75, 3.05) is 11.6 Å². The van der Waals surface area contributed by atoms with Crippen molar-refractivity contribution in [3.8, 4) is 0 Å². The number of aryl methyl sites for hydroxylation is 1. The Morgan fingerprint density at radius 2 is 1.80 bits per heavy atom. The first-order valence-electron chi connectivity index (χ1n) is 10.3. The Kier molecular flexibility index (Phi) is 5.91. The van der Waals surface area contributed by atoms with Crippen LogP contribution < -0.4 is 5.32 Å². The molecule has 1 heterocycles. The van der Waals surface area contributed by atoms with E-state index in [1.54, 1.807) is 11.8 Å². The van der Waals surface area contributed by atoms with Crippen molar-refractivity contribution in [3.63, 3.8) is 0 Å². The number of para-hydroxylation sites is 1. The maximum absolute atomic E-state index is 13.5. The van der Waals surface area contributed by atoms with Crippen LogP contribution in [0.25, 0.3) is 0 Å². The average molecular weight is 419 g/mol. The highest BCUT2D eigenvalue weighted by molar-refractivity contribution is 7.98. The van der Waals surface area contributed by atoms with E-state index in [-0.39, 0.29) is 17.6 Å². The predicted octanol–water partition coefficient (Wildman–Crippen LogP) is 5.54. The summed E-state index contributed by atoms with van der Waals surface area (Å²) in [5.41, 5.74) is 5.16. The van der Waals surface area contributed by atoms with Crippen LogP contribution in [0.1, 0.15) is 43.2 Å². The molecule has 0 bridgehead atoms. The van der Waals surface area contributed by atoms with E-state index in [1.165, 1.54) is 0 Å². The third-order valence-corrected chi connectivity index (χ3v) is 6.74.